The molecule has 0 saturated heterocycles. The Balaban J connectivity index is 2.75. The van der Waals surface area contributed by atoms with Crippen molar-refractivity contribution in [2.75, 3.05) is 38.8 Å². The van der Waals surface area contributed by atoms with E-state index >= 15 is 0 Å². The van der Waals surface area contributed by atoms with Crippen LogP contribution in [0.5, 0.6) is 6.01 Å². The molecule has 1 amide bonds. The van der Waals surface area contributed by atoms with Crippen LogP contribution in [-0.4, -0.2) is 59.3 Å². The largest absolute Gasteiger partial charge is 0.467 e. The Hall–Kier alpha value is -1.57. The molecule has 0 spiro atoms. The van der Waals surface area contributed by atoms with E-state index in [0.29, 0.717) is 17.6 Å². The molecule has 0 aliphatic heterocycles. The normalized spacial score (nSPS) is 10.0. The highest BCUT2D eigenvalue weighted by Crippen LogP contribution is 2.17. The first-order valence-corrected chi connectivity index (χ1v) is 6.42. The number of anilines is 1. The number of methoxy groups -OCH3 is 1. The van der Waals surface area contributed by atoms with Gasteiger partial charge in [-0.3, -0.25) is 4.79 Å². The van der Waals surface area contributed by atoms with Gasteiger partial charge < -0.3 is 15.0 Å². The van der Waals surface area contributed by atoms with Crippen LogP contribution < -0.4 is 10.1 Å². The van der Waals surface area contributed by atoms with E-state index < -0.39 is 0 Å². The molecule has 18 heavy (non-hydrogen) atoms. The van der Waals surface area contributed by atoms with Crippen molar-refractivity contribution >= 4 is 23.6 Å². The Labute approximate surface area is 110 Å². The average Bonchev–Trinajstić information content (AvgIpc) is 2.35. The van der Waals surface area contributed by atoms with E-state index in [9.17, 15) is 4.79 Å². The monoisotopic (exact) mass is 271 g/mol. The number of hydrogen-bond acceptors (Lipinski definition) is 7. The Morgan fingerprint density at radius 2 is 2.11 bits per heavy atom. The molecule has 0 aromatic carbocycles. The van der Waals surface area contributed by atoms with Gasteiger partial charge in [-0.05, 0) is 6.92 Å². The Bertz CT molecular complexity index is 413. The quantitative estimate of drug-likeness (QED) is 0.754. The average molecular weight is 271 g/mol. The number of carbonyl (C=O) groups excluding carboxylic acids is 1. The molecular formula is C10H17N5O2S. The Kier molecular flexibility index (Phi) is 5.63. The molecule has 1 aromatic rings. The zero-order valence-corrected chi connectivity index (χ0v) is 11.7. The van der Waals surface area contributed by atoms with E-state index in [1.807, 2.05) is 6.92 Å². The van der Waals surface area contributed by atoms with Gasteiger partial charge in [-0.25, -0.2) is 0 Å². The third-order valence-electron chi connectivity index (χ3n) is 1.94. The third kappa shape index (κ3) is 4.36. The number of carbonyl (C=O) groups is 1. The molecule has 0 radical (unpaired) electrons. The molecule has 0 aliphatic carbocycles. The van der Waals surface area contributed by atoms with Crippen LogP contribution in [-0.2, 0) is 4.79 Å². The summed E-state index contributed by atoms with van der Waals surface area (Å²) < 4.78 is 4.99. The van der Waals surface area contributed by atoms with Crippen LogP contribution in [0.1, 0.15) is 6.92 Å². The molecule has 100 valence electrons. The summed E-state index contributed by atoms with van der Waals surface area (Å²) in [5.74, 6) is 0.736. The second kappa shape index (κ2) is 7.00. The molecule has 0 bridgehead atoms. The van der Waals surface area contributed by atoms with Crippen molar-refractivity contribution in [1.82, 2.24) is 19.9 Å². The fourth-order valence-electron chi connectivity index (χ4n) is 0.986. The maximum Gasteiger partial charge on any atom is 0.321 e. The first-order chi connectivity index (χ1) is 8.56. The second-order valence-electron chi connectivity index (χ2n) is 3.54. The maximum atomic E-state index is 11.5. The zero-order valence-electron chi connectivity index (χ0n) is 10.9. The van der Waals surface area contributed by atoms with Crippen LogP contribution in [0.2, 0.25) is 0 Å². The van der Waals surface area contributed by atoms with Crippen molar-refractivity contribution < 1.29 is 9.53 Å². The molecule has 1 heterocycles. The molecule has 1 rings (SSSR count). The molecule has 0 unspecified atom stereocenters. The summed E-state index contributed by atoms with van der Waals surface area (Å²) in [6, 6.07) is 0.237. The summed E-state index contributed by atoms with van der Waals surface area (Å²) >= 11 is 1.25. The maximum absolute atomic E-state index is 11.5. The highest BCUT2D eigenvalue weighted by Gasteiger charge is 2.10. The number of nitrogens with one attached hydrogen (secondary N) is 1. The van der Waals surface area contributed by atoms with Gasteiger partial charge >= 0.3 is 6.01 Å². The lowest BCUT2D eigenvalue weighted by atomic mass is 10.6. The molecular weight excluding hydrogens is 254 g/mol. The predicted molar refractivity (Wildman–Crippen MR) is 70.0 cm³/mol. The van der Waals surface area contributed by atoms with Crippen molar-refractivity contribution in [3.05, 3.63) is 0 Å². The molecule has 0 saturated carbocycles. The lowest BCUT2D eigenvalue weighted by molar-refractivity contribution is -0.125. The van der Waals surface area contributed by atoms with E-state index in [2.05, 4.69) is 20.3 Å². The van der Waals surface area contributed by atoms with Gasteiger partial charge in [-0.15, -0.1) is 0 Å². The fraction of sp³-hybridized carbons (Fsp3) is 0.600. The van der Waals surface area contributed by atoms with Crippen molar-refractivity contribution in [2.45, 2.75) is 12.1 Å². The molecule has 0 aliphatic rings. The van der Waals surface area contributed by atoms with E-state index in [1.54, 1.807) is 14.1 Å². The van der Waals surface area contributed by atoms with E-state index in [4.69, 9.17) is 4.74 Å². The zero-order chi connectivity index (χ0) is 13.5. The fourth-order valence-corrected chi connectivity index (χ4v) is 1.79. The number of amides is 1. The molecule has 0 atom stereocenters. The molecule has 7 nitrogen and oxygen atoms in total. The second-order valence-corrected chi connectivity index (χ2v) is 4.48. The minimum atomic E-state index is 0.00406. The SMILES string of the molecule is CCNc1nc(OC)nc(SCC(=O)N(C)C)n1. The summed E-state index contributed by atoms with van der Waals surface area (Å²) in [6.45, 7) is 2.65. The number of hydrogen-bond donors (Lipinski definition) is 1. The van der Waals surface area contributed by atoms with Crippen LogP contribution in [0, 0.1) is 0 Å². The van der Waals surface area contributed by atoms with Crippen LogP contribution in [0.25, 0.3) is 0 Å². The molecule has 1 N–H and O–H groups in total. The van der Waals surface area contributed by atoms with Gasteiger partial charge in [0.25, 0.3) is 0 Å². The van der Waals surface area contributed by atoms with Crippen LogP contribution in [0.3, 0.4) is 0 Å². The number of rotatable bonds is 6. The molecule has 1 aromatic heterocycles. The summed E-state index contributed by atoms with van der Waals surface area (Å²) in [6.07, 6.45) is 0. The lowest BCUT2D eigenvalue weighted by Gasteiger charge is -2.09. The van der Waals surface area contributed by atoms with Gasteiger partial charge in [0.1, 0.15) is 0 Å². The number of thioether (sulfide) groups is 1. The lowest BCUT2D eigenvalue weighted by Crippen LogP contribution is -2.23. The van der Waals surface area contributed by atoms with E-state index in [-0.39, 0.29) is 17.7 Å². The third-order valence-corrected chi connectivity index (χ3v) is 2.77. The van der Waals surface area contributed by atoms with Crippen LogP contribution in [0.15, 0.2) is 5.16 Å². The van der Waals surface area contributed by atoms with Crippen LogP contribution in [0.4, 0.5) is 5.95 Å². The Morgan fingerprint density at radius 3 is 2.67 bits per heavy atom. The number of aromatic nitrogens is 3. The van der Waals surface area contributed by atoms with Gasteiger partial charge in [-0.2, -0.15) is 15.0 Å². The van der Waals surface area contributed by atoms with Crippen molar-refractivity contribution in [3.8, 4) is 6.01 Å². The van der Waals surface area contributed by atoms with Crippen molar-refractivity contribution in [1.29, 1.82) is 0 Å². The van der Waals surface area contributed by atoms with E-state index in [0.717, 1.165) is 0 Å². The van der Waals surface area contributed by atoms with Gasteiger partial charge in [-0.1, -0.05) is 11.8 Å². The first-order valence-electron chi connectivity index (χ1n) is 5.43. The van der Waals surface area contributed by atoms with Gasteiger partial charge in [0.15, 0.2) is 5.16 Å². The first kappa shape index (κ1) is 14.5. The van der Waals surface area contributed by atoms with E-state index in [1.165, 1.54) is 23.8 Å². The predicted octanol–water partition coefficient (Wildman–Crippen LogP) is 0.492. The highest BCUT2D eigenvalue weighted by molar-refractivity contribution is 7.99. The summed E-state index contributed by atoms with van der Waals surface area (Å²) in [5.41, 5.74) is 0. The van der Waals surface area contributed by atoms with Crippen molar-refractivity contribution in [2.24, 2.45) is 0 Å². The summed E-state index contributed by atoms with van der Waals surface area (Å²) in [5, 5.41) is 3.45. The van der Waals surface area contributed by atoms with Crippen molar-refractivity contribution in [3.63, 3.8) is 0 Å². The topological polar surface area (TPSA) is 80.2 Å². The minimum Gasteiger partial charge on any atom is -0.467 e. The summed E-state index contributed by atoms with van der Waals surface area (Å²) in [4.78, 5) is 25.3. The number of ether oxygens (including phenoxy) is 1. The minimum absolute atomic E-state index is 0.00406. The summed E-state index contributed by atoms with van der Waals surface area (Å²) in [7, 11) is 4.91. The van der Waals surface area contributed by atoms with Crippen LogP contribution >= 0.6 is 11.8 Å². The van der Waals surface area contributed by atoms with Gasteiger partial charge in [0.05, 0.1) is 12.9 Å². The van der Waals surface area contributed by atoms with Gasteiger partial charge in [0.2, 0.25) is 11.9 Å². The Morgan fingerprint density at radius 1 is 1.39 bits per heavy atom. The standard InChI is InChI=1S/C10H17N5O2S/c1-5-11-8-12-9(17-4)14-10(13-8)18-6-7(16)15(2)3/h5-6H2,1-4H3,(H,11,12,13,14). The molecule has 8 heteroatoms. The number of nitrogens with zero attached hydrogens (tertiary/aromatic N) is 4. The highest BCUT2D eigenvalue weighted by atomic mass is 32.2. The smallest absolute Gasteiger partial charge is 0.321 e. The molecule has 0 fully saturated rings. The van der Waals surface area contributed by atoms with Gasteiger partial charge in [0, 0.05) is 20.6 Å².